The third-order valence-electron chi connectivity index (χ3n) is 4.04. The van der Waals surface area contributed by atoms with Crippen molar-refractivity contribution in [2.75, 3.05) is 6.54 Å². The lowest BCUT2D eigenvalue weighted by atomic mass is 9.80. The van der Waals surface area contributed by atoms with Gasteiger partial charge in [0.15, 0.2) is 0 Å². The van der Waals surface area contributed by atoms with Gasteiger partial charge in [0.05, 0.1) is 5.60 Å². The van der Waals surface area contributed by atoms with Gasteiger partial charge in [-0.15, -0.1) is 0 Å². The average molecular weight is 309 g/mol. The summed E-state index contributed by atoms with van der Waals surface area (Å²) in [4.78, 5) is 12.2. The highest BCUT2D eigenvalue weighted by Crippen LogP contribution is 2.32. The minimum absolute atomic E-state index is 0.0670. The maximum absolute atomic E-state index is 13.1. The Balaban J connectivity index is 2.82. The zero-order chi connectivity index (χ0) is 16.8. The number of hydrogen-bond donors (Lipinski definition) is 2. The summed E-state index contributed by atoms with van der Waals surface area (Å²) in [6, 6.07) is 6.42. The van der Waals surface area contributed by atoms with E-state index in [1.807, 2.05) is 0 Å². The molecule has 1 aromatic carbocycles. The van der Waals surface area contributed by atoms with E-state index < -0.39 is 5.60 Å². The van der Waals surface area contributed by atoms with E-state index in [0.717, 1.165) is 18.4 Å². The second-order valence-electron chi connectivity index (χ2n) is 6.53. The fourth-order valence-corrected chi connectivity index (χ4v) is 2.71. The van der Waals surface area contributed by atoms with Crippen molar-refractivity contribution in [2.45, 2.75) is 58.5 Å². The Hall–Kier alpha value is -1.42. The zero-order valence-corrected chi connectivity index (χ0v) is 14.0. The monoisotopic (exact) mass is 309 g/mol. The second kappa shape index (κ2) is 8.28. The number of carbonyl (C=O) groups is 1. The van der Waals surface area contributed by atoms with Crippen LogP contribution >= 0.6 is 0 Å². The van der Waals surface area contributed by atoms with E-state index in [4.69, 9.17) is 0 Å². The molecule has 1 unspecified atom stereocenters. The minimum atomic E-state index is -0.921. The molecule has 4 heteroatoms. The third-order valence-corrected chi connectivity index (χ3v) is 4.04. The summed E-state index contributed by atoms with van der Waals surface area (Å²) in [5, 5.41) is 12.5. The molecule has 1 rings (SSSR count). The highest BCUT2D eigenvalue weighted by molar-refractivity contribution is 5.77. The van der Waals surface area contributed by atoms with Crippen molar-refractivity contribution < 1.29 is 14.3 Å². The van der Waals surface area contributed by atoms with Crippen molar-refractivity contribution in [3.63, 3.8) is 0 Å². The Morgan fingerprint density at radius 1 is 1.23 bits per heavy atom. The molecule has 0 spiro atoms. The van der Waals surface area contributed by atoms with Crippen LogP contribution in [0.5, 0.6) is 0 Å². The standard InChI is InChI=1S/C18H28FNO2/c1-5-13(6-2)16(14-7-9-15(19)10-8-14)11-17(21)20-12-18(3,4)22/h7-10,13,16,22H,5-6,11-12H2,1-4H3,(H,20,21). The van der Waals surface area contributed by atoms with Crippen LogP contribution in [-0.4, -0.2) is 23.2 Å². The summed E-state index contributed by atoms with van der Waals surface area (Å²) in [7, 11) is 0. The summed E-state index contributed by atoms with van der Waals surface area (Å²) < 4.78 is 13.1. The van der Waals surface area contributed by atoms with Crippen molar-refractivity contribution in [3.8, 4) is 0 Å². The maximum atomic E-state index is 13.1. The molecule has 2 N–H and O–H groups in total. The molecular formula is C18H28FNO2. The fraction of sp³-hybridized carbons (Fsp3) is 0.611. The van der Waals surface area contributed by atoms with E-state index >= 15 is 0 Å². The predicted octanol–water partition coefficient (Wildman–Crippen LogP) is 3.62. The first-order valence-corrected chi connectivity index (χ1v) is 8.01. The van der Waals surface area contributed by atoms with Crippen LogP contribution in [0.25, 0.3) is 0 Å². The van der Waals surface area contributed by atoms with E-state index in [9.17, 15) is 14.3 Å². The number of hydrogen-bond acceptors (Lipinski definition) is 2. The Labute approximate surface area is 132 Å². The molecule has 1 atom stereocenters. The molecule has 0 saturated heterocycles. The summed E-state index contributed by atoms with van der Waals surface area (Å²) in [6.45, 7) is 7.76. The number of carbonyl (C=O) groups excluding carboxylic acids is 1. The average Bonchev–Trinajstić information content (AvgIpc) is 2.45. The minimum Gasteiger partial charge on any atom is -0.389 e. The van der Waals surface area contributed by atoms with E-state index in [1.165, 1.54) is 12.1 Å². The van der Waals surface area contributed by atoms with Crippen molar-refractivity contribution in [2.24, 2.45) is 5.92 Å². The topological polar surface area (TPSA) is 49.3 Å². The maximum Gasteiger partial charge on any atom is 0.220 e. The number of rotatable bonds is 8. The lowest BCUT2D eigenvalue weighted by molar-refractivity contribution is -0.122. The molecule has 1 aromatic rings. The Morgan fingerprint density at radius 2 is 1.77 bits per heavy atom. The predicted molar refractivity (Wildman–Crippen MR) is 87.1 cm³/mol. The largest absolute Gasteiger partial charge is 0.389 e. The van der Waals surface area contributed by atoms with Gasteiger partial charge in [0, 0.05) is 13.0 Å². The van der Waals surface area contributed by atoms with Crippen LogP contribution < -0.4 is 5.32 Å². The lowest BCUT2D eigenvalue weighted by Gasteiger charge is -2.26. The first-order valence-electron chi connectivity index (χ1n) is 8.01. The zero-order valence-electron chi connectivity index (χ0n) is 14.0. The Morgan fingerprint density at radius 3 is 2.23 bits per heavy atom. The van der Waals surface area contributed by atoms with Crippen LogP contribution in [0.2, 0.25) is 0 Å². The van der Waals surface area contributed by atoms with Gasteiger partial charge in [-0.3, -0.25) is 4.79 Å². The van der Waals surface area contributed by atoms with Crippen molar-refractivity contribution in [1.29, 1.82) is 0 Å². The highest BCUT2D eigenvalue weighted by Gasteiger charge is 2.24. The van der Waals surface area contributed by atoms with E-state index in [0.29, 0.717) is 12.3 Å². The highest BCUT2D eigenvalue weighted by atomic mass is 19.1. The Kier molecular flexibility index (Phi) is 7.01. The van der Waals surface area contributed by atoms with Gasteiger partial charge in [-0.2, -0.15) is 0 Å². The van der Waals surface area contributed by atoms with Crippen molar-refractivity contribution >= 4 is 5.91 Å². The van der Waals surface area contributed by atoms with Crippen molar-refractivity contribution in [1.82, 2.24) is 5.32 Å². The van der Waals surface area contributed by atoms with E-state index in [-0.39, 0.29) is 24.2 Å². The number of nitrogens with one attached hydrogen (secondary N) is 1. The van der Waals surface area contributed by atoms with Gasteiger partial charge >= 0.3 is 0 Å². The van der Waals surface area contributed by atoms with Crippen molar-refractivity contribution in [3.05, 3.63) is 35.6 Å². The molecular weight excluding hydrogens is 281 g/mol. The molecule has 0 bridgehead atoms. The molecule has 3 nitrogen and oxygen atoms in total. The fourth-order valence-electron chi connectivity index (χ4n) is 2.71. The molecule has 0 radical (unpaired) electrons. The van der Waals surface area contributed by atoms with E-state index in [2.05, 4.69) is 19.2 Å². The first-order chi connectivity index (χ1) is 10.3. The molecule has 0 aliphatic heterocycles. The third kappa shape index (κ3) is 6.14. The van der Waals surface area contributed by atoms with Crippen LogP contribution in [0, 0.1) is 11.7 Å². The number of benzene rings is 1. The van der Waals surface area contributed by atoms with E-state index in [1.54, 1.807) is 26.0 Å². The van der Waals surface area contributed by atoms with Crippen LogP contribution in [0.15, 0.2) is 24.3 Å². The molecule has 124 valence electrons. The summed E-state index contributed by atoms with van der Waals surface area (Å²) in [6.07, 6.45) is 2.29. The van der Waals surface area contributed by atoms with Gasteiger partial charge in [0.2, 0.25) is 5.91 Å². The molecule has 0 fully saturated rings. The summed E-state index contributed by atoms with van der Waals surface area (Å²) in [5.74, 6) is 0.0950. The SMILES string of the molecule is CCC(CC)C(CC(=O)NCC(C)(C)O)c1ccc(F)cc1. The van der Waals surface area contributed by atoms with Gasteiger partial charge in [-0.05, 0) is 43.4 Å². The quantitative estimate of drug-likeness (QED) is 0.770. The van der Waals surface area contributed by atoms with Gasteiger partial charge < -0.3 is 10.4 Å². The number of aliphatic hydroxyl groups is 1. The van der Waals surface area contributed by atoms with Crippen LogP contribution in [0.4, 0.5) is 4.39 Å². The number of halogens is 1. The Bertz CT molecular complexity index is 461. The van der Waals surface area contributed by atoms with Gasteiger partial charge in [-0.25, -0.2) is 4.39 Å². The molecule has 0 saturated carbocycles. The molecule has 22 heavy (non-hydrogen) atoms. The molecule has 0 aromatic heterocycles. The van der Waals surface area contributed by atoms with Crippen LogP contribution in [0.3, 0.4) is 0 Å². The summed E-state index contributed by atoms with van der Waals surface area (Å²) >= 11 is 0. The molecule has 0 aliphatic carbocycles. The molecule has 0 aliphatic rings. The molecule has 1 amide bonds. The van der Waals surface area contributed by atoms with Gasteiger partial charge in [-0.1, -0.05) is 38.8 Å². The smallest absolute Gasteiger partial charge is 0.220 e. The lowest BCUT2D eigenvalue weighted by Crippen LogP contribution is -2.39. The number of amides is 1. The summed E-state index contributed by atoms with van der Waals surface area (Å²) in [5.41, 5.74) is 0.0733. The normalized spacial score (nSPS) is 13.2. The first kappa shape index (κ1) is 18.6. The van der Waals surface area contributed by atoms with Gasteiger partial charge in [0.1, 0.15) is 5.82 Å². The second-order valence-corrected chi connectivity index (χ2v) is 6.53. The van der Waals surface area contributed by atoms with Gasteiger partial charge in [0.25, 0.3) is 0 Å². The van der Waals surface area contributed by atoms with Crippen LogP contribution in [-0.2, 0) is 4.79 Å². The molecule has 0 heterocycles. The van der Waals surface area contributed by atoms with Crippen LogP contribution in [0.1, 0.15) is 58.4 Å².